The highest BCUT2D eigenvalue weighted by molar-refractivity contribution is 8.26. The molecule has 2 aromatic carbocycles. The van der Waals surface area contributed by atoms with Crippen LogP contribution in [0.25, 0.3) is 23.0 Å². The maximum Gasteiger partial charge on any atom is 0.266 e. The van der Waals surface area contributed by atoms with Crippen molar-refractivity contribution in [3.8, 4) is 22.7 Å². The van der Waals surface area contributed by atoms with Gasteiger partial charge in [-0.25, -0.2) is 4.68 Å². The maximum absolute atomic E-state index is 13.0. The van der Waals surface area contributed by atoms with Gasteiger partial charge in [0.2, 0.25) is 0 Å². The fourth-order valence-corrected chi connectivity index (χ4v) is 5.25. The molecule has 1 aromatic heterocycles. The van der Waals surface area contributed by atoms with E-state index in [2.05, 4.69) is 20.8 Å². The lowest BCUT2D eigenvalue weighted by molar-refractivity contribution is -0.123. The van der Waals surface area contributed by atoms with Crippen LogP contribution in [-0.4, -0.2) is 37.6 Å². The van der Waals surface area contributed by atoms with Crippen LogP contribution in [0, 0.1) is 12.8 Å². The van der Waals surface area contributed by atoms with Crippen molar-refractivity contribution >= 4 is 40.3 Å². The third kappa shape index (κ3) is 5.10. The Morgan fingerprint density at radius 1 is 1.12 bits per heavy atom. The highest BCUT2D eigenvalue weighted by Crippen LogP contribution is 2.36. The number of aromatic nitrogens is 2. The molecule has 0 N–H and O–H groups in total. The summed E-state index contributed by atoms with van der Waals surface area (Å²) < 4.78 is 8.35. The second-order valence-corrected chi connectivity index (χ2v) is 10.7. The number of rotatable bonds is 7. The van der Waals surface area contributed by atoms with E-state index in [-0.39, 0.29) is 11.9 Å². The first kappa shape index (κ1) is 24.2. The number of aryl methyl sites for hydroxylation is 1. The van der Waals surface area contributed by atoms with E-state index in [1.54, 1.807) is 4.90 Å². The first-order valence-corrected chi connectivity index (χ1v) is 12.6. The number of thioether (sulfide) groups is 1. The van der Waals surface area contributed by atoms with E-state index in [1.807, 2.05) is 79.3 Å². The molecule has 4 rings (SSSR count). The smallest absolute Gasteiger partial charge is 0.266 e. The van der Waals surface area contributed by atoms with Gasteiger partial charge < -0.3 is 4.74 Å². The molecule has 1 fully saturated rings. The summed E-state index contributed by atoms with van der Waals surface area (Å²) in [5.74, 6) is 1.24. The Kier molecular flexibility index (Phi) is 7.24. The van der Waals surface area contributed by atoms with Crippen molar-refractivity contribution in [3.63, 3.8) is 0 Å². The molecule has 0 atom stereocenters. The molecular formula is C27H29N3O2S2. The lowest BCUT2D eigenvalue weighted by atomic mass is 10.0. The molecule has 0 unspecified atom stereocenters. The standard InChI is InChI=1S/C27H29N3O2S2/c1-17(2)16-32-22-11-12-23(19(5)13-22)25-20(15-29(28-25)21-9-7-6-8-10-21)14-24-26(31)30(18(3)4)27(33)34-24/h6-15,17-18H,16H2,1-5H3. The molecule has 1 aliphatic rings. The molecule has 7 heteroatoms. The zero-order chi connectivity index (χ0) is 24.4. The summed E-state index contributed by atoms with van der Waals surface area (Å²) in [6.07, 6.45) is 3.88. The summed E-state index contributed by atoms with van der Waals surface area (Å²) in [5.41, 5.74) is 4.69. The average molecular weight is 492 g/mol. The molecule has 2 heterocycles. The second kappa shape index (κ2) is 10.2. The zero-order valence-electron chi connectivity index (χ0n) is 20.1. The van der Waals surface area contributed by atoms with Gasteiger partial charge >= 0.3 is 0 Å². The number of benzene rings is 2. The van der Waals surface area contributed by atoms with Crippen LogP contribution in [0.4, 0.5) is 0 Å². The van der Waals surface area contributed by atoms with Gasteiger partial charge in [0.25, 0.3) is 5.91 Å². The number of thiocarbonyl (C=S) groups is 1. The number of carbonyl (C=O) groups is 1. The third-order valence-corrected chi connectivity index (χ3v) is 6.76. The highest BCUT2D eigenvalue weighted by Gasteiger charge is 2.34. The average Bonchev–Trinajstić information content (AvgIpc) is 3.33. The molecule has 0 saturated carbocycles. The molecule has 0 spiro atoms. The van der Waals surface area contributed by atoms with E-state index in [9.17, 15) is 4.79 Å². The highest BCUT2D eigenvalue weighted by atomic mass is 32.2. The zero-order valence-corrected chi connectivity index (χ0v) is 21.7. The summed E-state index contributed by atoms with van der Waals surface area (Å²) in [4.78, 5) is 15.3. The van der Waals surface area contributed by atoms with Crippen LogP contribution in [0.5, 0.6) is 5.75 Å². The number of ether oxygens (including phenoxy) is 1. The third-order valence-electron chi connectivity index (χ3n) is 5.43. The minimum atomic E-state index is -0.0578. The van der Waals surface area contributed by atoms with Gasteiger partial charge in [-0.3, -0.25) is 9.69 Å². The summed E-state index contributed by atoms with van der Waals surface area (Å²) in [6, 6.07) is 16.0. The minimum Gasteiger partial charge on any atom is -0.493 e. The van der Waals surface area contributed by atoms with Gasteiger partial charge in [0, 0.05) is 23.4 Å². The van der Waals surface area contributed by atoms with E-state index >= 15 is 0 Å². The number of para-hydroxylation sites is 1. The fraction of sp³-hybridized carbons (Fsp3) is 0.296. The van der Waals surface area contributed by atoms with Crippen LogP contribution in [0.2, 0.25) is 0 Å². The van der Waals surface area contributed by atoms with Gasteiger partial charge in [0.1, 0.15) is 15.8 Å². The Morgan fingerprint density at radius 3 is 2.47 bits per heavy atom. The molecule has 0 bridgehead atoms. The van der Waals surface area contributed by atoms with Crippen molar-refractivity contribution in [2.24, 2.45) is 5.92 Å². The van der Waals surface area contributed by atoms with Gasteiger partial charge in [-0.1, -0.05) is 56.0 Å². The molecule has 1 aliphatic heterocycles. The first-order chi connectivity index (χ1) is 16.2. The van der Waals surface area contributed by atoms with E-state index in [4.69, 9.17) is 22.1 Å². The maximum atomic E-state index is 13.0. The van der Waals surface area contributed by atoms with Gasteiger partial charge in [-0.15, -0.1) is 0 Å². The van der Waals surface area contributed by atoms with Crippen molar-refractivity contribution in [1.29, 1.82) is 0 Å². The molecule has 0 radical (unpaired) electrons. The van der Waals surface area contributed by atoms with Crippen molar-refractivity contribution in [3.05, 3.63) is 70.8 Å². The second-order valence-electron chi connectivity index (χ2n) is 9.04. The molecule has 1 saturated heterocycles. The van der Waals surface area contributed by atoms with Crippen molar-refractivity contribution < 1.29 is 9.53 Å². The predicted molar refractivity (Wildman–Crippen MR) is 144 cm³/mol. The molecule has 1 amide bonds. The molecule has 0 aliphatic carbocycles. The lowest BCUT2D eigenvalue weighted by Crippen LogP contribution is -2.34. The number of nitrogens with zero attached hydrogens (tertiary/aromatic N) is 3. The van der Waals surface area contributed by atoms with Crippen LogP contribution >= 0.6 is 24.0 Å². The van der Waals surface area contributed by atoms with E-state index in [0.29, 0.717) is 21.8 Å². The van der Waals surface area contributed by atoms with E-state index in [0.717, 1.165) is 33.8 Å². The molecule has 34 heavy (non-hydrogen) atoms. The number of hydrogen-bond acceptors (Lipinski definition) is 5. The van der Waals surface area contributed by atoms with E-state index < -0.39 is 0 Å². The van der Waals surface area contributed by atoms with Crippen LogP contribution in [0.15, 0.2) is 59.6 Å². The van der Waals surface area contributed by atoms with Crippen molar-refractivity contribution in [1.82, 2.24) is 14.7 Å². The molecule has 176 valence electrons. The number of hydrogen-bond donors (Lipinski definition) is 0. The Morgan fingerprint density at radius 2 is 1.85 bits per heavy atom. The quantitative estimate of drug-likeness (QED) is 0.279. The van der Waals surface area contributed by atoms with Crippen molar-refractivity contribution in [2.75, 3.05) is 6.61 Å². The van der Waals surface area contributed by atoms with Crippen LogP contribution in [0.3, 0.4) is 0 Å². The summed E-state index contributed by atoms with van der Waals surface area (Å²) >= 11 is 6.81. The van der Waals surface area contributed by atoms with Gasteiger partial charge in [-0.05, 0) is 68.7 Å². The van der Waals surface area contributed by atoms with E-state index in [1.165, 1.54) is 11.8 Å². The Labute approximate surface area is 210 Å². The summed E-state index contributed by atoms with van der Waals surface area (Å²) in [5, 5.41) is 4.92. The number of carbonyl (C=O) groups excluding carboxylic acids is 1. The molecule has 5 nitrogen and oxygen atoms in total. The normalized spacial score (nSPS) is 15.3. The number of amides is 1. The fourth-order valence-electron chi connectivity index (χ4n) is 3.74. The van der Waals surface area contributed by atoms with Crippen LogP contribution < -0.4 is 4.74 Å². The Hall–Kier alpha value is -2.90. The van der Waals surface area contributed by atoms with Crippen LogP contribution in [-0.2, 0) is 4.79 Å². The van der Waals surface area contributed by atoms with Crippen LogP contribution in [0.1, 0.15) is 38.8 Å². The Balaban J connectivity index is 1.78. The molecular weight excluding hydrogens is 462 g/mol. The SMILES string of the molecule is Cc1cc(OCC(C)C)ccc1-c1nn(-c2ccccc2)cc1C=C1SC(=S)N(C(C)C)C1=O. The van der Waals surface area contributed by atoms with Gasteiger partial charge in [0.15, 0.2) is 0 Å². The largest absolute Gasteiger partial charge is 0.493 e. The summed E-state index contributed by atoms with van der Waals surface area (Å²) in [7, 11) is 0. The summed E-state index contributed by atoms with van der Waals surface area (Å²) in [6.45, 7) is 10.9. The molecule has 3 aromatic rings. The van der Waals surface area contributed by atoms with Gasteiger partial charge in [0.05, 0.1) is 17.2 Å². The minimum absolute atomic E-state index is 0.0190. The first-order valence-electron chi connectivity index (χ1n) is 11.4. The predicted octanol–water partition coefficient (Wildman–Crippen LogP) is 6.49. The topological polar surface area (TPSA) is 47.4 Å². The monoisotopic (exact) mass is 491 g/mol. The lowest BCUT2D eigenvalue weighted by Gasteiger charge is -2.18. The Bertz CT molecular complexity index is 1250. The van der Waals surface area contributed by atoms with Crippen molar-refractivity contribution in [2.45, 2.75) is 40.7 Å². The van der Waals surface area contributed by atoms with Gasteiger partial charge in [-0.2, -0.15) is 5.10 Å².